The van der Waals surface area contributed by atoms with Crippen LogP contribution in [0.15, 0.2) is 0 Å². The molecule has 1 aliphatic heterocycles. The van der Waals surface area contributed by atoms with E-state index in [1.165, 1.54) is 7.11 Å². The van der Waals surface area contributed by atoms with E-state index in [1.54, 1.807) is 0 Å². The molecule has 0 spiro atoms. The first-order chi connectivity index (χ1) is 8.33. The van der Waals surface area contributed by atoms with Gasteiger partial charge < -0.3 is 9.47 Å². The fraction of sp³-hybridized carbons (Fsp3) is 0.909. The summed E-state index contributed by atoms with van der Waals surface area (Å²) in [6.45, 7) is 0.902. The van der Waals surface area contributed by atoms with Crippen molar-refractivity contribution in [2.24, 2.45) is 0 Å². The molecule has 1 N–H and O–H groups in total. The van der Waals surface area contributed by atoms with Gasteiger partial charge in [0.25, 0.3) is 0 Å². The topological polar surface area (TPSA) is 47.6 Å². The third kappa shape index (κ3) is 3.84. The summed E-state index contributed by atoms with van der Waals surface area (Å²) < 4.78 is 46.9. The maximum atomic E-state index is 12.3. The maximum Gasteiger partial charge on any atom is 0.401 e. The highest BCUT2D eigenvalue weighted by Gasteiger charge is 2.46. The maximum absolute atomic E-state index is 12.3. The van der Waals surface area contributed by atoms with Gasteiger partial charge in [0.1, 0.15) is 5.54 Å². The van der Waals surface area contributed by atoms with Gasteiger partial charge in [0.15, 0.2) is 0 Å². The molecule has 0 aromatic heterocycles. The Hall–Kier alpha value is -0.820. The molecule has 0 radical (unpaired) electrons. The zero-order valence-corrected chi connectivity index (χ0v) is 10.5. The minimum Gasteiger partial charge on any atom is -0.468 e. The molecule has 0 bridgehead atoms. The zero-order chi connectivity index (χ0) is 13.8. The molecule has 1 fully saturated rings. The highest BCUT2D eigenvalue weighted by molar-refractivity contribution is 5.81. The summed E-state index contributed by atoms with van der Waals surface area (Å²) in [4.78, 5) is 11.8. The lowest BCUT2D eigenvalue weighted by Crippen LogP contribution is -2.59. The van der Waals surface area contributed by atoms with Crippen molar-refractivity contribution < 1.29 is 27.4 Å². The van der Waals surface area contributed by atoms with E-state index in [0.29, 0.717) is 6.42 Å². The summed E-state index contributed by atoms with van der Waals surface area (Å²) in [7, 11) is 1.18. The summed E-state index contributed by atoms with van der Waals surface area (Å²) in [6, 6.07) is 0. The molecule has 106 valence electrons. The number of nitrogens with one attached hydrogen (secondary N) is 1. The number of ether oxygens (including phenoxy) is 2. The molecule has 18 heavy (non-hydrogen) atoms. The van der Waals surface area contributed by atoms with Crippen molar-refractivity contribution in [1.82, 2.24) is 5.32 Å². The minimum absolute atomic E-state index is 0.187. The van der Waals surface area contributed by atoms with E-state index < -0.39 is 24.2 Å². The summed E-state index contributed by atoms with van der Waals surface area (Å²) in [5.41, 5.74) is -1.29. The van der Waals surface area contributed by atoms with E-state index in [9.17, 15) is 18.0 Å². The Morgan fingerprint density at radius 1 is 1.56 bits per heavy atom. The van der Waals surface area contributed by atoms with Crippen LogP contribution in [0, 0.1) is 0 Å². The van der Waals surface area contributed by atoms with Gasteiger partial charge >= 0.3 is 12.1 Å². The van der Waals surface area contributed by atoms with E-state index in [1.807, 2.05) is 6.92 Å². The second kappa shape index (κ2) is 5.88. The fourth-order valence-electron chi connectivity index (χ4n) is 2.09. The first-order valence-corrected chi connectivity index (χ1v) is 5.85. The highest BCUT2D eigenvalue weighted by Crippen LogP contribution is 2.29. The van der Waals surface area contributed by atoms with E-state index in [-0.39, 0.29) is 25.6 Å². The molecule has 0 saturated carbocycles. The number of rotatable bonds is 4. The average molecular weight is 269 g/mol. The molecular weight excluding hydrogens is 251 g/mol. The summed E-state index contributed by atoms with van der Waals surface area (Å²) in [5.74, 6) is -0.659. The molecule has 1 heterocycles. The van der Waals surface area contributed by atoms with Crippen LogP contribution in [0.25, 0.3) is 0 Å². The highest BCUT2D eigenvalue weighted by atomic mass is 19.4. The lowest BCUT2D eigenvalue weighted by molar-refractivity contribution is -0.162. The summed E-state index contributed by atoms with van der Waals surface area (Å²) in [6.07, 6.45) is -3.55. The Morgan fingerprint density at radius 3 is 2.72 bits per heavy atom. The number of carbonyl (C=O) groups is 1. The molecule has 1 rings (SSSR count). The Bertz CT molecular complexity index is 296. The molecule has 4 nitrogen and oxygen atoms in total. The normalized spacial score (nSPS) is 29.1. The third-order valence-corrected chi connectivity index (χ3v) is 3.12. The predicted molar refractivity (Wildman–Crippen MR) is 58.1 cm³/mol. The molecule has 1 saturated heterocycles. The largest absolute Gasteiger partial charge is 0.468 e. The van der Waals surface area contributed by atoms with Crippen molar-refractivity contribution in [2.45, 2.75) is 44.0 Å². The quantitative estimate of drug-likeness (QED) is 0.788. The molecular formula is C11H18F3NO3. The van der Waals surface area contributed by atoms with Gasteiger partial charge in [-0.2, -0.15) is 13.2 Å². The van der Waals surface area contributed by atoms with Gasteiger partial charge in [-0.1, -0.05) is 6.92 Å². The van der Waals surface area contributed by atoms with Gasteiger partial charge in [0.05, 0.1) is 19.8 Å². The standard InChI is InChI=1S/C11H18F3NO3/c1-3-8-6-10(4-5-18-8,9(16)17-2)15-7-11(12,13)14/h8,15H,3-7H2,1-2H3. The monoisotopic (exact) mass is 269 g/mol. The molecule has 7 heteroatoms. The number of methoxy groups -OCH3 is 1. The molecule has 0 aromatic rings. The van der Waals surface area contributed by atoms with E-state index in [0.717, 1.165) is 0 Å². The van der Waals surface area contributed by atoms with Crippen molar-refractivity contribution in [2.75, 3.05) is 20.3 Å². The van der Waals surface area contributed by atoms with Crippen LogP contribution in [-0.4, -0.2) is 44.0 Å². The van der Waals surface area contributed by atoms with Gasteiger partial charge in [-0.25, -0.2) is 0 Å². The van der Waals surface area contributed by atoms with Gasteiger partial charge in [-0.3, -0.25) is 10.1 Å². The van der Waals surface area contributed by atoms with Crippen molar-refractivity contribution in [3.05, 3.63) is 0 Å². The van der Waals surface area contributed by atoms with E-state index >= 15 is 0 Å². The second-order valence-corrected chi connectivity index (χ2v) is 4.40. The van der Waals surface area contributed by atoms with Crippen LogP contribution >= 0.6 is 0 Å². The van der Waals surface area contributed by atoms with Gasteiger partial charge in [-0.05, 0) is 12.8 Å². The lowest BCUT2D eigenvalue weighted by Gasteiger charge is -2.39. The molecule has 0 amide bonds. The lowest BCUT2D eigenvalue weighted by atomic mass is 9.85. The Labute approximate surface area is 104 Å². The molecule has 2 unspecified atom stereocenters. The smallest absolute Gasteiger partial charge is 0.401 e. The number of halogens is 3. The third-order valence-electron chi connectivity index (χ3n) is 3.12. The van der Waals surface area contributed by atoms with Crippen molar-refractivity contribution in [3.63, 3.8) is 0 Å². The number of hydrogen-bond donors (Lipinski definition) is 1. The van der Waals surface area contributed by atoms with Crippen molar-refractivity contribution >= 4 is 5.97 Å². The van der Waals surface area contributed by atoms with Crippen molar-refractivity contribution in [3.8, 4) is 0 Å². The van der Waals surface area contributed by atoms with Crippen LogP contribution in [0.5, 0.6) is 0 Å². The van der Waals surface area contributed by atoms with Gasteiger partial charge in [-0.15, -0.1) is 0 Å². The predicted octanol–water partition coefficient (Wildman–Crippen LogP) is 1.64. The summed E-state index contributed by atoms with van der Waals surface area (Å²) >= 11 is 0. The zero-order valence-electron chi connectivity index (χ0n) is 10.5. The number of hydrogen-bond acceptors (Lipinski definition) is 4. The average Bonchev–Trinajstić information content (AvgIpc) is 2.34. The first-order valence-electron chi connectivity index (χ1n) is 5.85. The van der Waals surface area contributed by atoms with Gasteiger partial charge in [0, 0.05) is 13.0 Å². The molecule has 0 aromatic carbocycles. The fourth-order valence-corrected chi connectivity index (χ4v) is 2.09. The number of carbonyl (C=O) groups excluding carboxylic acids is 1. The SMILES string of the molecule is CCC1CC(NCC(F)(F)F)(C(=O)OC)CCO1. The minimum atomic E-state index is -4.36. The number of esters is 1. The molecule has 1 aliphatic rings. The van der Waals surface area contributed by atoms with Crippen LogP contribution in [0.2, 0.25) is 0 Å². The van der Waals surface area contributed by atoms with E-state index in [4.69, 9.17) is 4.74 Å². The number of alkyl halides is 3. The van der Waals surface area contributed by atoms with Crippen LogP contribution in [0.1, 0.15) is 26.2 Å². The van der Waals surface area contributed by atoms with E-state index in [2.05, 4.69) is 10.1 Å². The molecule has 0 aliphatic carbocycles. The summed E-state index contributed by atoms with van der Waals surface area (Å²) in [5, 5.41) is 2.31. The molecule has 2 atom stereocenters. The van der Waals surface area contributed by atoms with Crippen LogP contribution < -0.4 is 5.32 Å². The van der Waals surface area contributed by atoms with Crippen LogP contribution in [0.4, 0.5) is 13.2 Å². The Balaban J connectivity index is 2.78. The second-order valence-electron chi connectivity index (χ2n) is 4.40. The first kappa shape index (κ1) is 15.2. The van der Waals surface area contributed by atoms with Crippen LogP contribution in [-0.2, 0) is 14.3 Å². The Morgan fingerprint density at radius 2 is 2.22 bits per heavy atom. The van der Waals surface area contributed by atoms with Gasteiger partial charge in [0.2, 0.25) is 0 Å². The van der Waals surface area contributed by atoms with Crippen molar-refractivity contribution in [1.29, 1.82) is 0 Å². The Kier molecular flexibility index (Phi) is 4.98. The van der Waals surface area contributed by atoms with Crippen LogP contribution in [0.3, 0.4) is 0 Å².